The van der Waals surface area contributed by atoms with E-state index in [2.05, 4.69) is 31.3 Å². The third-order valence-corrected chi connectivity index (χ3v) is 3.70. The molecule has 0 saturated heterocycles. The van der Waals surface area contributed by atoms with Crippen LogP contribution in [0.1, 0.15) is 11.4 Å². The molecule has 0 aliphatic rings. The summed E-state index contributed by atoms with van der Waals surface area (Å²) in [5, 5.41) is 7.38. The van der Waals surface area contributed by atoms with Gasteiger partial charge < -0.3 is 10.1 Å². The highest BCUT2D eigenvalue weighted by molar-refractivity contribution is 9.10. The Hall–Kier alpha value is -1.31. The topological polar surface area (TPSA) is 52.0 Å². The molecule has 0 radical (unpaired) electrons. The maximum atomic E-state index is 13.5. The fourth-order valence-electron chi connectivity index (χ4n) is 1.76. The van der Waals surface area contributed by atoms with Crippen molar-refractivity contribution >= 4 is 15.9 Å². The molecular formula is C13H16BrFN4O. The van der Waals surface area contributed by atoms with Crippen molar-refractivity contribution in [2.24, 2.45) is 0 Å². The summed E-state index contributed by atoms with van der Waals surface area (Å²) in [4.78, 5) is 4.20. The molecule has 1 heterocycles. The first kappa shape index (κ1) is 15.1. The summed E-state index contributed by atoms with van der Waals surface area (Å²) in [5.41, 5.74) is 0.827. The Kier molecular flexibility index (Phi) is 5.63. The van der Waals surface area contributed by atoms with Gasteiger partial charge in [0.1, 0.15) is 18.0 Å². The molecule has 1 N–H and O–H groups in total. The van der Waals surface area contributed by atoms with Gasteiger partial charge in [-0.05, 0) is 27.6 Å². The number of halogens is 2. The van der Waals surface area contributed by atoms with Gasteiger partial charge in [-0.15, -0.1) is 0 Å². The van der Waals surface area contributed by atoms with Crippen LogP contribution in [0.15, 0.2) is 29.0 Å². The van der Waals surface area contributed by atoms with E-state index in [4.69, 9.17) is 4.74 Å². The lowest BCUT2D eigenvalue weighted by Gasteiger charge is -2.09. The van der Waals surface area contributed by atoms with E-state index >= 15 is 0 Å². The van der Waals surface area contributed by atoms with Crippen LogP contribution in [0.3, 0.4) is 0 Å². The van der Waals surface area contributed by atoms with Crippen molar-refractivity contribution in [1.82, 2.24) is 20.1 Å². The average molecular weight is 343 g/mol. The number of hydrogen-bond donors (Lipinski definition) is 1. The number of rotatable bonds is 7. The van der Waals surface area contributed by atoms with Gasteiger partial charge in [0.05, 0.1) is 24.2 Å². The second-order valence-corrected chi connectivity index (χ2v) is 5.01. The Morgan fingerprint density at radius 3 is 3.10 bits per heavy atom. The lowest BCUT2D eigenvalue weighted by Crippen LogP contribution is -2.21. The molecule has 0 fully saturated rings. The van der Waals surface area contributed by atoms with Crippen LogP contribution < -0.4 is 5.32 Å². The van der Waals surface area contributed by atoms with Gasteiger partial charge in [0.15, 0.2) is 0 Å². The molecular weight excluding hydrogens is 327 g/mol. The quantitative estimate of drug-likeness (QED) is 0.781. The molecule has 1 aromatic carbocycles. The van der Waals surface area contributed by atoms with Gasteiger partial charge in [-0.2, -0.15) is 5.10 Å². The number of nitrogens with zero attached hydrogens (tertiary/aromatic N) is 3. The van der Waals surface area contributed by atoms with Crippen molar-refractivity contribution in [2.45, 2.75) is 13.1 Å². The number of benzene rings is 1. The monoisotopic (exact) mass is 342 g/mol. The molecule has 2 rings (SSSR count). The Labute approximate surface area is 125 Å². The van der Waals surface area contributed by atoms with Crippen molar-refractivity contribution in [3.63, 3.8) is 0 Å². The van der Waals surface area contributed by atoms with E-state index in [0.717, 1.165) is 17.9 Å². The number of hydrogen-bond acceptors (Lipinski definition) is 4. The molecule has 5 nitrogen and oxygen atoms in total. The zero-order valence-corrected chi connectivity index (χ0v) is 12.7. The molecule has 0 aliphatic carbocycles. The van der Waals surface area contributed by atoms with Gasteiger partial charge >= 0.3 is 0 Å². The normalized spacial score (nSPS) is 10.9. The number of nitrogens with one attached hydrogen (secondary N) is 1. The highest BCUT2D eigenvalue weighted by atomic mass is 79.9. The number of methoxy groups -OCH3 is 1. The third kappa shape index (κ3) is 3.84. The third-order valence-electron chi connectivity index (χ3n) is 2.81. The number of aromatic nitrogens is 3. The van der Waals surface area contributed by atoms with Crippen molar-refractivity contribution in [3.05, 3.63) is 46.2 Å². The van der Waals surface area contributed by atoms with Gasteiger partial charge in [0.25, 0.3) is 0 Å². The standard InChI is InChI=1S/C13H16BrFN4O/c1-20-6-5-16-7-12-17-9-18-19(12)8-10-3-2-4-11(15)13(10)14/h2-4,9,16H,5-8H2,1H3. The minimum absolute atomic E-state index is 0.276. The molecule has 0 amide bonds. The summed E-state index contributed by atoms with van der Waals surface area (Å²) in [5.74, 6) is 0.527. The predicted molar refractivity (Wildman–Crippen MR) is 76.8 cm³/mol. The fraction of sp³-hybridized carbons (Fsp3) is 0.385. The average Bonchev–Trinajstić information content (AvgIpc) is 2.87. The van der Waals surface area contributed by atoms with Crippen LogP contribution in [-0.4, -0.2) is 35.0 Å². The summed E-state index contributed by atoms with van der Waals surface area (Å²) in [6, 6.07) is 4.96. The Balaban J connectivity index is 2.03. The van der Waals surface area contributed by atoms with Crippen molar-refractivity contribution in [1.29, 1.82) is 0 Å². The van der Waals surface area contributed by atoms with Gasteiger partial charge in [-0.25, -0.2) is 14.1 Å². The predicted octanol–water partition coefficient (Wildman–Crippen LogP) is 1.96. The van der Waals surface area contributed by atoms with Crippen LogP contribution in [0, 0.1) is 5.82 Å². The zero-order chi connectivity index (χ0) is 14.4. The second-order valence-electron chi connectivity index (χ2n) is 4.22. The van der Waals surface area contributed by atoms with E-state index in [-0.39, 0.29) is 5.82 Å². The van der Waals surface area contributed by atoms with E-state index in [1.54, 1.807) is 17.9 Å². The SMILES string of the molecule is COCCNCc1ncnn1Cc1cccc(F)c1Br. The molecule has 108 valence electrons. The molecule has 1 aromatic heterocycles. The van der Waals surface area contributed by atoms with Crippen molar-refractivity contribution < 1.29 is 9.13 Å². The van der Waals surface area contributed by atoms with Crippen LogP contribution in [0.2, 0.25) is 0 Å². The Bertz CT molecular complexity index is 561. The maximum absolute atomic E-state index is 13.5. The van der Waals surface area contributed by atoms with Crippen LogP contribution in [-0.2, 0) is 17.8 Å². The molecule has 0 bridgehead atoms. The van der Waals surface area contributed by atoms with E-state index in [1.165, 1.54) is 12.4 Å². The van der Waals surface area contributed by atoms with Gasteiger partial charge in [-0.3, -0.25) is 0 Å². The lowest BCUT2D eigenvalue weighted by atomic mass is 10.2. The van der Waals surface area contributed by atoms with Gasteiger partial charge in [-0.1, -0.05) is 12.1 Å². The minimum atomic E-state index is -0.276. The summed E-state index contributed by atoms with van der Waals surface area (Å²) >= 11 is 3.26. The first-order chi connectivity index (χ1) is 9.72. The first-order valence-corrected chi connectivity index (χ1v) is 7.01. The van der Waals surface area contributed by atoms with Crippen LogP contribution in [0.25, 0.3) is 0 Å². The van der Waals surface area contributed by atoms with E-state index < -0.39 is 0 Å². The summed E-state index contributed by atoms with van der Waals surface area (Å²) < 4.78 is 20.7. The van der Waals surface area contributed by atoms with Gasteiger partial charge in [0.2, 0.25) is 0 Å². The van der Waals surface area contributed by atoms with E-state index in [9.17, 15) is 4.39 Å². The van der Waals surface area contributed by atoms with Crippen LogP contribution in [0.5, 0.6) is 0 Å². The Morgan fingerprint density at radius 1 is 1.45 bits per heavy atom. The highest BCUT2D eigenvalue weighted by Gasteiger charge is 2.09. The molecule has 0 aliphatic heterocycles. The molecule has 7 heteroatoms. The van der Waals surface area contributed by atoms with Gasteiger partial charge in [0, 0.05) is 13.7 Å². The smallest absolute Gasteiger partial charge is 0.141 e. The molecule has 2 aromatic rings. The minimum Gasteiger partial charge on any atom is -0.383 e. The molecule has 20 heavy (non-hydrogen) atoms. The van der Waals surface area contributed by atoms with Crippen LogP contribution >= 0.6 is 15.9 Å². The van der Waals surface area contributed by atoms with E-state index in [0.29, 0.717) is 24.2 Å². The summed E-state index contributed by atoms with van der Waals surface area (Å²) in [7, 11) is 1.66. The molecule has 0 saturated carbocycles. The molecule has 0 unspecified atom stereocenters. The largest absolute Gasteiger partial charge is 0.383 e. The highest BCUT2D eigenvalue weighted by Crippen LogP contribution is 2.21. The molecule has 0 atom stereocenters. The van der Waals surface area contributed by atoms with E-state index in [1.807, 2.05) is 6.07 Å². The maximum Gasteiger partial charge on any atom is 0.141 e. The fourth-order valence-corrected chi connectivity index (χ4v) is 2.15. The lowest BCUT2D eigenvalue weighted by molar-refractivity contribution is 0.198. The zero-order valence-electron chi connectivity index (χ0n) is 11.1. The first-order valence-electron chi connectivity index (χ1n) is 6.21. The summed E-state index contributed by atoms with van der Waals surface area (Å²) in [6.07, 6.45) is 1.50. The molecule has 0 spiro atoms. The van der Waals surface area contributed by atoms with Crippen molar-refractivity contribution in [2.75, 3.05) is 20.3 Å². The van der Waals surface area contributed by atoms with Crippen molar-refractivity contribution in [3.8, 4) is 0 Å². The Morgan fingerprint density at radius 2 is 2.30 bits per heavy atom. The number of ether oxygens (including phenoxy) is 1. The summed E-state index contributed by atoms with van der Waals surface area (Å²) in [6.45, 7) is 2.45. The second kappa shape index (κ2) is 7.47. The van der Waals surface area contributed by atoms with Crippen LogP contribution in [0.4, 0.5) is 4.39 Å².